The fraction of sp³-hybridized carbons (Fsp3) is 0.125. The third kappa shape index (κ3) is 2.46. The lowest BCUT2D eigenvalue weighted by Gasteiger charge is -2.10. The summed E-state index contributed by atoms with van der Waals surface area (Å²) in [4.78, 5) is 22.7. The number of ether oxygens (including phenoxy) is 2. The number of aromatic nitrogens is 1. The number of cyclic esters (lactones) is 1. The molecule has 1 N–H and O–H groups in total. The number of carbonyl (C=O) groups is 2. The molecule has 2 aromatic rings. The van der Waals surface area contributed by atoms with Crippen LogP contribution in [0.3, 0.4) is 0 Å². The van der Waals surface area contributed by atoms with Crippen molar-refractivity contribution in [3.05, 3.63) is 54.4 Å². The minimum Gasteiger partial charge on any atom is -0.476 e. The molecule has 3 rings (SSSR count). The third-order valence-corrected chi connectivity index (χ3v) is 3.32. The number of carbonyl (C=O) groups excluding carboxylic acids is 1. The number of nitrogens with zero attached hydrogens (tertiary/aromatic N) is 1. The van der Waals surface area contributed by atoms with E-state index in [-0.39, 0.29) is 5.70 Å². The Morgan fingerprint density at radius 2 is 2.14 bits per heavy atom. The smallest absolute Gasteiger partial charge is 0.356 e. The number of esters is 1. The van der Waals surface area contributed by atoms with Crippen LogP contribution in [0, 0.1) is 0 Å². The monoisotopic (exact) mass is 299 g/mol. The number of fused-ring (bicyclic) bond motifs is 1. The maximum atomic E-state index is 11.5. The molecule has 0 fully saturated rings. The molecule has 1 atom stereocenters. The molecule has 6 heteroatoms. The summed E-state index contributed by atoms with van der Waals surface area (Å²) in [5.74, 6) is -1.62. The van der Waals surface area contributed by atoms with Crippen molar-refractivity contribution in [2.45, 2.75) is 13.2 Å². The number of hydrogen-bond acceptors (Lipinski definition) is 4. The SMILES string of the molecule is CC1=CC(O/C=C(/C(=O)O)n2ccc3ccccc32)OC1=O. The van der Waals surface area contributed by atoms with E-state index in [1.807, 2.05) is 30.3 Å². The molecule has 0 bridgehead atoms. The van der Waals surface area contributed by atoms with Crippen LogP contribution in [-0.2, 0) is 19.1 Å². The Kier molecular flexibility index (Phi) is 3.42. The molecule has 0 aliphatic carbocycles. The molecule has 0 saturated heterocycles. The topological polar surface area (TPSA) is 77.8 Å². The van der Waals surface area contributed by atoms with Gasteiger partial charge in [-0.25, -0.2) is 9.59 Å². The van der Waals surface area contributed by atoms with Crippen LogP contribution in [0.25, 0.3) is 16.6 Å². The summed E-state index contributed by atoms with van der Waals surface area (Å²) < 4.78 is 11.7. The van der Waals surface area contributed by atoms with Crippen LogP contribution in [0.15, 0.2) is 54.4 Å². The number of carboxylic acid groups (broad SMARTS) is 1. The Balaban J connectivity index is 1.92. The number of rotatable bonds is 4. The van der Waals surface area contributed by atoms with E-state index in [0.29, 0.717) is 5.57 Å². The molecule has 0 saturated carbocycles. The van der Waals surface area contributed by atoms with Gasteiger partial charge in [-0.05, 0) is 24.4 Å². The van der Waals surface area contributed by atoms with Crippen molar-refractivity contribution in [3.63, 3.8) is 0 Å². The van der Waals surface area contributed by atoms with Gasteiger partial charge in [-0.1, -0.05) is 18.2 Å². The van der Waals surface area contributed by atoms with E-state index in [1.54, 1.807) is 13.1 Å². The molecular weight excluding hydrogens is 286 g/mol. The second kappa shape index (κ2) is 5.40. The van der Waals surface area contributed by atoms with Gasteiger partial charge in [0.2, 0.25) is 0 Å². The number of carboxylic acids is 1. The highest BCUT2D eigenvalue weighted by Crippen LogP contribution is 2.21. The average Bonchev–Trinajstić information content (AvgIpc) is 3.04. The molecule has 22 heavy (non-hydrogen) atoms. The maximum absolute atomic E-state index is 11.5. The summed E-state index contributed by atoms with van der Waals surface area (Å²) in [7, 11) is 0. The highest BCUT2D eigenvalue weighted by Gasteiger charge is 2.23. The van der Waals surface area contributed by atoms with Crippen molar-refractivity contribution in [1.29, 1.82) is 0 Å². The van der Waals surface area contributed by atoms with E-state index in [4.69, 9.17) is 9.47 Å². The second-order valence-electron chi connectivity index (χ2n) is 4.81. The maximum Gasteiger partial charge on any atom is 0.356 e. The summed E-state index contributed by atoms with van der Waals surface area (Å²) in [6, 6.07) is 9.21. The molecular formula is C16H13NO5. The van der Waals surface area contributed by atoms with Gasteiger partial charge in [-0.2, -0.15) is 0 Å². The third-order valence-electron chi connectivity index (χ3n) is 3.32. The van der Waals surface area contributed by atoms with Crippen molar-refractivity contribution in [1.82, 2.24) is 4.57 Å². The number of para-hydroxylation sites is 1. The Morgan fingerprint density at radius 3 is 2.82 bits per heavy atom. The van der Waals surface area contributed by atoms with Crippen LogP contribution in [0.5, 0.6) is 0 Å². The molecule has 0 spiro atoms. The van der Waals surface area contributed by atoms with Crippen LogP contribution in [0.4, 0.5) is 0 Å². The molecule has 112 valence electrons. The number of hydrogen-bond donors (Lipinski definition) is 1. The van der Waals surface area contributed by atoms with Gasteiger partial charge in [-0.3, -0.25) is 0 Å². The van der Waals surface area contributed by atoms with E-state index in [9.17, 15) is 14.7 Å². The first-order valence-corrected chi connectivity index (χ1v) is 6.61. The van der Waals surface area contributed by atoms with Gasteiger partial charge < -0.3 is 19.1 Å². The first kappa shape index (κ1) is 13.9. The van der Waals surface area contributed by atoms with Crippen LogP contribution in [-0.4, -0.2) is 27.9 Å². The summed E-state index contributed by atoms with van der Waals surface area (Å²) in [5.41, 5.74) is 1.10. The Hall–Kier alpha value is -3.02. The van der Waals surface area contributed by atoms with E-state index in [0.717, 1.165) is 17.2 Å². The van der Waals surface area contributed by atoms with E-state index >= 15 is 0 Å². The zero-order chi connectivity index (χ0) is 15.7. The van der Waals surface area contributed by atoms with Gasteiger partial charge in [-0.15, -0.1) is 0 Å². The predicted octanol–water partition coefficient (Wildman–Crippen LogP) is 2.37. The van der Waals surface area contributed by atoms with Crippen LogP contribution in [0.2, 0.25) is 0 Å². The van der Waals surface area contributed by atoms with Gasteiger partial charge in [0.05, 0.1) is 5.52 Å². The van der Waals surface area contributed by atoms with Crippen LogP contribution >= 0.6 is 0 Å². The van der Waals surface area contributed by atoms with Crippen molar-refractivity contribution in [2.24, 2.45) is 0 Å². The van der Waals surface area contributed by atoms with Gasteiger partial charge in [0.1, 0.15) is 6.26 Å². The normalized spacial score (nSPS) is 18.2. The number of aliphatic carboxylic acids is 1. The largest absolute Gasteiger partial charge is 0.476 e. The lowest BCUT2D eigenvalue weighted by molar-refractivity contribution is -0.152. The average molecular weight is 299 g/mol. The van der Waals surface area contributed by atoms with E-state index in [2.05, 4.69) is 0 Å². The van der Waals surface area contributed by atoms with Gasteiger partial charge >= 0.3 is 11.9 Å². The molecule has 1 aromatic carbocycles. The molecule has 1 aliphatic rings. The highest BCUT2D eigenvalue weighted by molar-refractivity contribution is 6.10. The summed E-state index contributed by atoms with van der Waals surface area (Å²) in [6.07, 6.45) is 3.33. The number of benzene rings is 1. The zero-order valence-electron chi connectivity index (χ0n) is 11.7. The fourth-order valence-electron chi connectivity index (χ4n) is 2.21. The lowest BCUT2D eigenvalue weighted by atomic mass is 10.2. The summed E-state index contributed by atoms with van der Waals surface area (Å²) >= 11 is 0. The summed E-state index contributed by atoms with van der Waals surface area (Å²) in [6.45, 7) is 1.60. The molecule has 2 heterocycles. The molecule has 1 aliphatic heterocycles. The molecule has 1 unspecified atom stereocenters. The minimum atomic E-state index is -1.15. The minimum absolute atomic E-state index is 0.0739. The molecule has 1 aromatic heterocycles. The van der Waals surface area contributed by atoms with Crippen molar-refractivity contribution >= 4 is 28.5 Å². The Morgan fingerprint density at radius 1 is 1.36 bits per heavy atom. The lowest BCUT2D eigenvalue weighted by Crippen LogP contribution is -2.12. The Bertz CT molecular complexity index is 815. The predicted molar refractivity (Wildman–Crippen MR) is 78.6 cm³/mol. The summed E-state index contributed by atoms with van der Waals surface area (Å²) in [5, 5.41) is 10.3. The zero-order valence-corrected chi connectivity index (χ0v) is 11.7. The fourth-order valence-corrected chi connectivity index (χ4v) is 2.21. The highest BCUT2D eigenvalue weighted by atomic mass is 16.7. The Labute approximate surface area is 125 Å². The second-order valence-corrected chi connectivity index (χ2v) is 4.81. The van der Waals surface area contributed by atoms with Crippen LogP contribution in [0.1, 0.15) is 6.92 Å². The van der Waals surface area contributed by atoms with Gasteiger partial charge in [0.15, 0.2) is 5.70 Å². The van der Waals surface area contributed by atoms with Crippen molar-refractivity contribution in [3.8, 4) is 0 Å². The first-order chi connectivity index (χ1) is 10.6. The van der Waals surface area contributed by atoms with E-state index < -0.39 is 18.2 Å². The first-order valence-electron chi connectivity index (χ1n) is 6.61. The quantitative estimate of drug-likeness (QED) is 0.533. The van der Waals surface area contributed by atoms with Gasteiger partial charge in [0, 0.05) is 17.8 Å². The van der Waals surface area contributed by atoms with Gasteiger partial charge in [0.25, 0.3) is 6.29 Å². The standard InChI is InChI=1S/C16H13NO5/c1-10-8-14(22-16(10)20)21-9-13(15(18)19)17-7-6-11-4-2-3-5-12(11)17/h2-9,14H,1H3,(H,18,19)/b13-9-. The van der Waals surface area contributed by atoms with Crippen molar-refractivity contribution in [2.75, 3.05) is 0 Å². The molecule has 0 radical (unpaired) electrons. The molecule has 0 amide bonds. The van der Waals surface area contributed by atoms with Crippen molar-refractivity contribution < 1.29 is 24.2 Å². The molecule has 6 nitrogen and oxygen atoms in total. The van der Waals surface area contributed by atoms with E-state index in [1.165, 1.54) is 10.6 Å². The van der Waals surface area contributed by atoms with Crippen LogP contribution < -0.4 is 0 Å².